The molecule has 1 heterocycles. The number of hydrogen-bond donors (Lipinski definition) is 1. The van der Waals surface area contributed by atoms with Gasteiger partial charge in [0.25, 0.3) is 0 Å². The maximum absolute atomic E-state index is 4.51. The van der Waals surface area contributed by atoms with Gasteiger partial charge in [-0.15, -0.1) is 0 Å². The van der Waals surface area contributed by atoms with Crippen LogP contribution in [0.3, 0.4) is 0 Å². The number of benzene rings is 1. The van der Waals surface area contributed by atoms with Gasteiger partial charge in [0.05, 0.1) is 11.6 Å². The van der Waals surface area contributed by atoms with Crippen LogP contribution in [-0.4, -0.2) is 36.6 Å². The summed E-state index contributed by atoms with van der Waals surface area (Å²) in [6, 6.07) is 11.1. The molecule has 1 saturated carbocycles. The molecule has 1 aliphatic rings. The molecule has 1 unspecified atom stereocenters. The van der Waals surface area contributed by atoms with Crippen LogP contribution in [0.25, 0.3) is 10.9 Å². The molecular formula is C18H25N3. The van der Waals surface area contributed by atoms with Crippen molar-refractivity contribution < 1.29 is 0 Å². The van der Waals surface area contributed by atoms with Crippen LogP contribution in [0.1, 0.15) is 37.3 Å². The van der Waals surface area contributed by atoms with Gasteiger partial charge in [-0.05, 0) is 51.7 Å². The first-order valence-electron chi connectivity index (χ1n) is 7.87. The molecule has 1 atom stereocenters. The summed E-state index contributed by atoms with van der Waals surface area (Å²) in [7, 11) is 6.53. The van der Waals surface area contributed by atoms with E-state index in [1.165, 1.54) is 36.6 Å². The van der Waals surface area contributed by atoms with Gasteiger partial charge in [-0.25, -0.2) is 0 Å². The third-order valence-electron chi connectivity index (χ3n) is 5.18. The lowest BCUT2D eigenvalue weighted by Crippen LogP contribution is -2.51. The first-order valence-corrected chi connectivity index (χ1v) is 7.87. The Morgan fingerprint density at radius 1 is 1.14 bits per heavy atom. The summed E-state index contributed by atoms with van der Waals surface area (Å²) in [6.45, 7) is 0. The largest absolute Gasteiger partial charge is 0.311 e. The molecule has 0 radical (unpaired) electrons. The van der Waals surface area contributed by atoms with Crippen LogP contribution >= 0.6 is 0 Å². The van der Waals surface area contributed by atoms with Gasteiger partial charge in [0, 0.05) is 17.1 Å². The van der Waals surface area contributed by atoms with E-state index in [4.69, 9.17) is 0 Å². The fourth-order valence-electron chi connectivity index (χ4n) is 4.07. The predicted molar refractivity (Wildman–Crippen MR) is 88.4 cm³/mol. The van der Waals surface area contributed by atoms with Crippen molar-refractivity contribution in [3.05, 3.63) is 42.1 Å². The quantitative estimate of drug-likeness (QED) is 0.932. The normalized spacial score (nSPS) is 19.2. The smallest absolute Gasteiger partial charge is 0.0705 e. The van der Waals surface area contributed by atoms with E-state index in [1.807, 2.05) is 12.3 Å². The van der Waals surface area contributed by atoms with Gasteiger partial charge in [-0.2, -0.15) is 0 Å². The Labute approximate surface area is 127 Å². The van der Waals surface area contributed by atoms with Crippen LogP contribution < -0.4 is 5.32 Å². The van der Waals surface area contributed by atoms with Crippen LogP contribution in [0.15, 0.2) is 36.5 Å². The molecule has 3 nitrogen and oxygen atoms in total. The average molecular weight is 283 g/mol. The summed E-state index contributed by atoms with van der Waals surface area (Å²) < 4.78 is 0. The minimum Gasteiger partial charge on any atom is -0.311 e. The molecule has 0 aliphatic heterocycles. The monoisotopic (exact) mass is 283 g/mol. The van der Waals surface area contributed by atoms with Crippen molar-refractivity contribution in [1.29, 1.82) is 0 Å². The van der Waals surface area contributed by atoms with Gasteiger partial charge in [-0.1, -0.05) is 31.0 Å². The Morgan fingerprint density at radius 3 is 2.57 bits per heavy atom. The molecule has 1 fully saturated rings. The maximum Gasteiger partial charge on any atom is 0.0705 e. The summed E-state index contributed by atoms with van der Waals surface area (Å²) in [5.74, 6) is 0. The van der Waals surface area contributed by atoms with Crippen LogP contribution in [0.5, 0.6) is 0 Å². The van der Waals surface area contributed by atoms with Crippen molar-refractivity contribution in [2.75, 3.05) is 21.1 Å². The summed E-state index contributed by atoms with van der Waals surface area (Å²) >= 11 is 0. The molecule has 0 spiro atoms. The molecule has 0 amide bonds. The number of nitrogens with zero attached hydrogens (tertiary/aromatic N) is 2. The Morgan fingerprint density at radius 2 is 1.90 bits per heavy atom. The molecule has 1 aromatic heterocycles. The molecule has 112 valence electrons. The minimum atomic E-state index is 0.207. The highest BCUT2D eigenvalue weighted by Gasteiger charge is 2.43. The second-order valence-electron chi connectivity index (χ2n) is 6.34. The van der Waals surface area contributed by atoms with Crippen LogP contribution in [0.4, 0.5) is 0 Å². The highest BCUT2D eigenvalue weighted by Crippen LogP contribution is 2.44. The SMILES string of the molecule is CNC(c1cccc2ncccc12)C1(N(C)C)CCCC1. The van der Waals surface area contributed by atoms with E-state index >= 15 is 0 Å². The van der Waals surface area contributed by atoms with Crippen LogP contribution in [-0.2, 0) is 0 Å². The molecule has 3 rings (SSSR count). The van der Waals surface area contributed by atoms with Crippen molar-refractivity contribution in [2.24, 2.45) is 0 Å². The highest BCUT2D eigenvalue weighted by molar-refractivity contribution is 5.82. The Bertz CT molecular complexity index is 609. The fraction of sp³-hybridized carbons (Fsp3) is 0.500. The lowest BCUT2D eigenvalue weighted by atomic mass is 9.81. The standard InChI is InChI=1S/C18H25N3/c1-19-17(18(21(2)3)11-4-5-12-18)15-8-6-10-16-14(15)9-7-13-20-16/h6-10,13,17,19H,4-5,11-12H2,1-3H3. The van der Waals surface area contributed by atoms with E-state index in [9.17, 15) is 0 Å². The lowest BCUT2D eigenvalue weighted by Gasteiger charge is -2.43. The second kappa shape index (κ2) is 5.74. The van der Waals surface area contributed by atoms with Crippen molar-refractivity contribution in [3.63, 3.8) is 0 Å². The molecule has 0 saturated heterocycles. The summed E-state index contributed by atoms with van der Waals surface area (Å²) in [6.07, 6.45) is 7.01. The van der Waals surface area contributed by atoms with Gasteiger partial charge in [-0.3, -0.25) is 4.98 Å². The van der Waals surface area contributed by atoms with Crippen LogP contribution in [0.2, 0.25) is 0 Å². The van der Waals surface area contributed by atoms with Crippen LogP contribution in [0, 0.1) is 0 Å². The van der Waals surface area contributed by atoms with Crippen molar-refractivity contribution in [2.45, 2.75) is 37.3 Å². The molecule has 3 heteroatoms. The zero-order valence-corrected chi connectivity index (χ0v) is 13.3. The number of fused-ring (bicyclic) bond motifs is 1. The summed E-state index contributed by atoms with van der Waals surface area (Å²) in [4.78, 5) is 6.94. The van der Waals surface area contributed by atoms with Gasteiger partial charge in [0.2, 0.25) is 0 Å². The number of rotatable bonds is 4. The zero-order chi connectivity index (χ0) is 14.9. The average Bonchev–Trinajstić information content (AvgIpc) is 2.99. The molecule has 1 aliphatic carbocycles. The van der Waals surface area contributed by atoms with E-state index in [-0.39, 0.29) is 5.54 Å². The third kappa shape index (κ3) is 2.34. The zero-order valence-electron chi connectivity index (χ0n) is 13.3. The van der Waals surface area contributed by atoms with Gasteiger partial charge < -0.3 is 10.2 Å². The Kier molecular flexibility index (Phi) is 3.96. The maximum atomic E-state index is 4.51. The lowest BCUT2D eigenvalue weighted by molar-refractivity contribution is 0.109. The minimum absolute atomic E-state index is 0.207. The van der Waals surface area contributed by atoms with E-state index in [2.05, 4.69) is 60.6 Å². The topological polar surface area (TPSA) is 28.2 Å². The third-order valence-corrected chi connectivity index (χ3v) is 5.18. The van der Waals surface area contributed by atoms with E-state index in [0.717, 1.165) is 5.52 Å². The second-order valence-corrected chi connectivity index (χ2v) is 6.34. The molecule has 0 bridgehead atoms. The Balaban J connectivity index is 2.14. The predicted octanol–water partition coefficient (Wildman–Crippen LogP) is 3.37. The molecule has 1 N–H and O–H groups in total. The van der Waals surface area contributed by atoms with Gasteiger partial charge in [0.15, 0.2) is 0 Å². The first kappa shape index (κ1) is 14.5. The summed E-state index contributed by atoms with van der Waals surface area (Å²) in [5, 5.41) is 4.88. The Hall–Kier alpha value is -1.45. The van der Waals surface area contributed by atoms with Gasteiger partial charge in [0.1, 0.15) is 0 Å². The summed E-state index contributed by atoms with van der Waals surface area (Å²) in [5.41, 5.74) is 2.67. The number of aromatic nitrogens is 1. The molecule has 21 heavy (non-hydrogen) atoms. The molecular weight excluding hydrogens is 258 g/mol. The highest BCUT2D eigenvalue weighted by atomic mass is 15.2. The van der Waals surface area contributed by atoms with E-state index in [1.54, 1.807) is 0 Å². The van der Waals surface area contributed by atoms with Crippen molar-refractivity contribution in [1.82, 2.24) is 15.2 Å². The van der Waals surface area contributed by atoms with E-state index in [0.29, 0.717) is 6.04 Å². The number of nitrogens with one attached hydrogen (secondary N) is 1. The number of pyridine rings is 1. The van der Waals surface area contributed by atoms with Crippen molar-refractivity contribution in [3.8, 4) is 0 Å². The number of hydrogen-bond acceptors (Lipinski definition) is 3. The van der Waals surface area contributed by atoms with E-state index < -0.39 is 0 Å². The van der Waals surface area contributed by atoms with Crippen molar-refractivity contribution >= 4 is 10.9 Å². The number of likely N-dealkylation sites (N-methyl/N-ethyl adjacent to an activating group) is 2. The fourth-order valence-corrected chi connectivity index (χ4v) is 4.07. The van der Waals surface area contributed by atoms with Gasteiger partial charge >= 0.3 is 0 Å². The molecule has 1 aromatic carbocycles. The first-order chi connectivity index (χ1) is 10.2. The molecule has 2 aromatic rings.